The van der Waals surface area contributed by atoms with E-state index in [0.717, 1.165) is 0 Å². The normalized spacial score (nSPS) is 9.31. The zero-order valence-electron chi connectivity index (χ0n) is 6.21. The first-order valence-electron chi connectivity index (χ1n) is 3.18. The van der Waals surface area contributed by atoms with Gasteiger partial charge >= 0.3 is 5.97 Å². The molecule has 1 aromatic carbocycles. The highest BCUT2D eigenvalue weighted by molar-refractivity contribution is 9.10. The van der Waals surface area contributed by atoms with Crippen LogP contribution in [0.1, 0.15) is 15.9 Å². The number of aromatic carboxylic acids is 1. The topological polar surface area (TPSA) is 61.1 Å². The third kappa shape index (κ3) is 2.00. The summed E-state index contributed by atoms with van der Waals surface area (Å²) in [6, 6.07) is 4.39. The Morgan fingerprint density at radius 1 is 1.62 bits per heavy atom. The van der Waals surface area contributed by atoms with Crippen LogP contribution in [0, 0.1) is 11.3 Å². The van der Waals surface area contributed by atoms with Crippen LogP contribution in [-0.4, -0.2) is 11.1 Å². The van der Waals surface area contributed by atoms with Crippen molar-refractivity contribution in [2.75, 3.05) is 0 Å². The summed E-state index contributed by atoms with van der Waals surface area (Å²) in [5, 5.41) is 17.5. The van der Waals surface area contributed by atoms with Crippen molar-refractivity contribution in [3.8, 4) is 6.07 Å². The lowest BCUT2D eigenvalue weighted by Crippen LogP contribution is -1.97. The van der Waals surface area contributed by atoms with Gasteiger partial charge in [0.25, 0.3) is 0 Å². The van der Waals surface area contributed by atoms with Crippen LogP contribution in [0.4, 0.5) is 0 Å². The van der Waals surface area contributed by atoms with Crippen molar-refractivity contribution in [2.45, 2.75) is 0 Å². The Bertz CT molecular complexity index is 411. The van der Waals surface area contributed by atoms with Gasteiger partial charge in [0.2, 0.25) is 0 Å². The molecule has 0 spiro atoms. The molecule has 13 heavy (non-hydrogen) atoms. The maximum atomic E-state index is 10.6. The second-order valence-corrected chi connectivity index (χ2v) is 3.47. The van der Waals surface area contributed by atoms with E-state index in [1.807, 2.05) is 0 Å². The summed E-state index contributed by atoms with van der Waals surface area (Å²) in [6.45, 7) is 0. The molecule has 0 amide bonds. The highest BCUT2D eigenvalue weighted by Crippen LogP contribution is 2.27. The van der Waals surface area contributed by atoms with Gasteiger partial charge in [-0.15, -0.1) is 0 Å². The van der Waals surface area contributed by atoms with Crippen LogP contribution >= 0.6 is 27.5 Å². The number of nitrogens with zero attached hydrogens (tertiary/aromatic N) is 1. The molecule has 0 aliphatic heterocycles. The molecule has 0 radical (unpaired) electrons. The molecule has 0 unspecified atom stereocenters. The number of carbonyl (C=O) groups is 1. The van der Waals surface area contributed by atoms with Gasteiger partial charge < -0.3 is 5.11 Å². The Kier molecular flexibility index (Phi) is 2.91. The maximum absolute atomic E-state index is 10.6. The molecule has 0 atom stereocenters. The zero-order valence-corrected chi connectivity index (χ0v) is 8.56. The van der Waals surface area contributed by atoms with Crippen molar-refractivity contribution in [3.05, 3.63) is 32.8 Å². The van der Waals surface area contributed by atoms with E-state index in [1.165, 1.54) is 12.1 Å². The molecule has 1 aromatic rings. The van der Waals surface area contributed by atoms with Crippen molar-refractivity contribution in [3.63, 3.8) is 0 Å². The molecule has 1 rings (SSSR count). The van der Waals surface area contributed by atoms with Crippen LogP contribution in [0.3, 0.4) is 0 Å². The number of rotatable bonds is 1. The lowest BCUT2D eigenvalue weighted by Gasteiger charge is -2.00. The standard InChI is InChI=1S/C8H3BrClNO2/c9-6-2-4(8(12)13)1-5(3-11)7(6)10/h1-2H,(H,12,13). The average Bonchev–Trinajstić information content (AvgIpc) is 2.09. The number of carboxylic acids is 1. The summed E-state index contributed by atoms with van der Waals surface area (Å²) in [5.74, 6) is -1.09. The summed E-state index contributed by atoms with van der Waals surface area (Å²) >= 11 is 8.77. The molecule has 0 aromatic heterocycles. The van der Waals surface area contributed by atoms with Crippen molar-refractivity contribution in [1.82, 2.24) is 0 Å². The monoisotopic (exact) mass is 259 g/mol. The maximum Gasteiger partial charge on any atom is 0.335 e. The molecule has 0 saturated heterocycles. The molecule has 3 nitrogen and oxygen atoms in total. The molecule has 1 N–H and O–H groups in total. The van der Waals surface area contributed by atoms with E-state index in [2.05, 4.69) is 15.9 Å². The minimum atomic E-state index is -1.09. The van der Waals surface area contributed by atoms with Crippen LogP contribution in [0.25, 0.3) is 0 Å². The lowest BCUT2D eigenvalue weighted by atomic mass is 10.1. The van der Waals surface area contributed by atoms with Gasteiger partial charge in [-0.1, -0.05) is 11.6 Å². The first-order valence-corrected chi connectivity index (χ1v) is 4.35. The zero-order chi connectivity index (χ0) is 10.0. The third-order valence-corrected chi connectivity index (χ3v) is 2.66. The molecule has 66 valence electrons. The molecule has 0 aliphatic carbocycles. The van der Waals surface area contributed by atoms with E-state index in [0.29, 0.717) is 4.47 Å². The van der Waals surface area contributed by atoms with Crippen LogP contribution in [0.15, 0.2) is 16.6 Å². The number of benzene rings is 1. The summed E-state index contributed by atoms with van der Waals surface area (Å²) in [7, 11) is 0. The van der Waals surface area contributed by atoms with Gasteiger partial charge in [-0.3, -0.25) is 0 Å². The number of hydrogen-bond donors (Lipinski definition) is 1. The summed E-state index contributed by atoms with van der Waals surface area (Å²) in [6.07, 6.45) is 0. The minimum absolute atomic E-state index is 0.0350. The Hall–Kier alpha value is -1.05. The van der Waals surface area contributed by atoms with Crippen LogP contribution < -0.4 is 0 Å². The van der Waals surface area contributed by atoms with Crippen molar-refractivity contribution in [1.29, 1.82) is 5.26 Å². The quantitative estimate of drug-likeness (QED) is 0.844. The number of carboxylic acid groups (broad SMARTS) is 1. The average molecular weight is 260 g/mol. The first kappa shape index (κ1) is 10.0. The molecule has 0 fully saturated rings. The molecular formula is C8H3BrClNO2. The Labute approximate surface area is 87.7 Å². The van der Waals surface area contributed by atoms with E-state index in [9.17, 15) is 4.79 Å². The predicted octanol–water partition coefficient (Wildman–Crippen LogP) is 2.67. The summed E-state index contributed by atoms with van der Waals surface area (Å²) < 4.78 is 0.408. The van der Waals surface area contributed by atoms with Gasteiger partial charge in [-0.05, 0) is 28.1 Å². The SMILES string of the molecule is N#Cc1cc(C(=O)O)cc(Br)c1Cl. The van der Waals surface area contributed by atoms with Gasteiger partial charge in [-0.2, -0.15) is 5.26 Å². The van der Waals surface area contributed by atoms with Gasteiger partial charge in [0.15, 0.2) is 0 Å². The van der Waals surface area contributed by atoms with Gasteiger partial charge in [0.05, 0.1) is 16.1 Å². The fraction of sp³-hybridized carbons (Fsp3) is 0. The van der Waals surface area contributed by atoms with Crippen LogP contribution in [-0.2, 0) is 0 Å². The first-order chi connectivity index (χ1) is 6.06. The lowest BCUT2D eigenvalue weighted by molar-refractivity contribution is 0.0697. The fourth-order valence-corrected chi connectivity index (χ4v) is 1.41. The fourth-order valence-electron chi connectivity index (χ4n) is 0.794. The molecule has 0 aliphatic rings. The Morgan fingerprint density at radius 2 is 2.23 bits per heavy atom. The molecule has 0 heterocycles. The van der Waals surface area contributed by atoms with Crippen molar-refractivity contribution in [2.24, 2.45) is 0 Å². The highest BCUT2D eigenvalue weighted by atomic mass is 79.9. The van der Waals surface area contributed by atoms with Gasteiger partial charge in [0.1, 0.15) is 6.07 Å². The van der Waals surface area contributed by atoms with Crippen molar-refractivity contribution >= 4 is 33.5 Å². The smallest absolute Gasteiger partial charge is 0.335 e. The Balaban J connectivity index is 3.41. The molecule has 0 saturated carbocycles. The molecular weight excluding hydrogens is 257 g/mol. The summed E-state index contributed by atoms with van der Waals surface area (Å²) in [5.41, 5.74) is 0.182. The van der Waals surface area contributed by atoms with E-state index >= 15 is 0 Å². The van der Waals surface area contributed by atoms with Crippen molar-refractivity contribution < 1.29 is 9.90 Å². The van der Waals surface area contributed by atoms with Crippen LogP contribution in [0.2, 0.25) is 5.02 Å². The second kappa shape index (κ2) is 3.77. The predicted molar refractivity (Wildman–Crippen MR) is 50.8 cm³/mol. The third-order valence-electron chi connectivity index (χ3n) is 1.40. The van der Waals surface area contributed by atoms with Gasteiger partial charge in [-0.25, -0.2) is 4.79 Å². The second-order valence-electron chi connectivity index (χ2n) is 2.24. The van der Waals surface area contributed by atoms with E-state index < -0.39 is 5.97 Å². The largest absolute Gasteiger partial charge is 0.478 e. The number of halogens is 2. The summed E-state index contributed by atoms with van der Waals surface area (Å²) in [4.78, 5) is 10.6. The van der Waals surface area contributed by atoms with Crippen LogP contribution in [0.5, 0.6) is 0 Å². The van der Waals surface area contributed by atoms with E-state index in [-0.39, 0.29) is 16.1 Å². The molecule has 5 heteroatoms. The van der Waals surface area contributed by atoms with E-state index in [4.69, 9.17) is 22.0 Å². The number of hydrogen-bond acceptors (Lipinski definition) is 2. The highest BCUT2D eigenvalue weighted by Gasteiger charge is 2.10. The Morgan fingerprint density at radius 3 is 2.69 bits per heavy atom. The number of nitriles is 1. The minimum Gasteiger partial charge on any atom is -0.478 e. The van der Waals surface area contributed by atoms with Gasteiger partial charge in [0, 0.05) is 4.47 Å². The molecule has 0 bridgehead atoms. The van der Waals surface area contributed by atoms with E-state index in [1.54, 1.807) is 6.07 Å².